The number of benzene rings is 1. The first-order chi connectivity index (χ1) is 11.7. The molecule has 7 heteroatoms. The van der Waals surface area contributed by atoms with E-state index in [1.165, 1.54) is 0 Å². The lowest BCUT2D eigenvalue weighted by Crippen LogP contribution is -2.68. The van der Waals surface area contributed by atoms with Gasteiger partial charge in [0.15, 0.2) is 0 Å². The molecule has 1 fully saturated rings. The van der Waals surface area contributed by atoms with Gasteiger partial charge in [0.2, 0.25) is 6.41 Å². The number of amides is 3. The number of carbonyl (C=O) groups excluding carboxylic acids is 3. The highest BCUT2D eigenvalue weighted by molar-refractivity contribution is 6.11. The fourth-order valence-corrected chi connectivity index (χ4v) is 2.89. The van der Waals surface area contributed by atoms with E-state index < -0.39 is 17.2 Å². The van der Waals surface area contributed by atoms with Crippen LogP contribution in [0.3, 0.4) is 0 Å². The molecule has 3 amide bonds. The van der Waals surface area contributed by atoms with Gasteiger partial charge in [-0.3, -0.25) is 14.5 Å². The maximum Gasteiger partial charge on any atom is 0.407 e. The zero-order chi connectivity index (χ0) is 18.7. The fraction of sp³-hybridized carbons (Fsp3) is 0.500. The van der Waals surface area contributed by atoms with Crippen molar-refractivity contribution in [1.29, 1.82) is 0 Å². The Bertz CT molecular complexity index is 633. The van der Waals surface area contributed by atoms with Crippen LogP contribution in [0, 0.1) is 0 Å². The minimum Gasteiger partial charge on any atom is -0.444 e. The topological polar surface area (TPSA) is 87.7 Å². The number of carbonyl (C=O) groups is 3. The van der Waals surface area contributed by atoms with Crippen molar-refractivity contribution in [1.82, 2.24) is 10.6 Å². The summed E-state index contributed by atoms with van der Waals surface area (Å²) in [7, 11) is 1.68. The molecule has 0 atom stereocenters. The summed E-state index contributed by atoms with van der Waals surface area (Å²) in [6.07, 6.45) is 0.785. The summed E-state index contributed by atoms with van der Waals surface area (Å²) in [5, 5.41) is 5.76. The van der Waals surface area contributed by atoms with E-state index in [9.17, 15) is 14.4 Å². The second-order valence-corrected chi connectivity index (χ2v) is 7.20. The summed E-state index contributed by atoms with van der Waals surface area (Å²) >= 11 is 0. The lowest BCUT2D eigenvalue weighted by atomic mass is 9.71. The highest BCUT2D eigenvalue weighted by Crippen LogP contribution is 2.35. The van der Waals surface area contributed by atoms with Gasteiger partial charge in [0.05, 0.1) is 5.69 Å². The van der Waals surface area contributed by atoms with Crippen molar-refractivity contribution in [3.63, 3.8) is 0 Å². The molecule has 2 rings (SSSR count). The largest absolute Gasteiger partial charge is 0.444 e. The molecule has 7 nitrogen and oxygen atoms in total. The maximum absolute atomic E-state index is 12.9. The van der Waals surface area contributed by atoms with Crippen LogP contribution in [0.25, 0.3) is 0 Å². The minimum absolute atomic E-state index is 0.185. The van der Waals surface area contributed by atoms with Crippen molar-refractivity contribution in [2.75, 3.05) is 11.9 Å². The first-order valence-corrected chi connectivity index (χ1v) is 8.23. The second kappa shape index (κ2) is 7.23. The lowest BCUT2D eigenvalue weighted by Gasteiger charge is -2.47. The molecule has 0 heterocycles. The predicted octanol–water partition coefficient (Wildman–Crippen LogP) is 1.82. The summed E-state index contributed by atoms with van der Waals surface area (Å²) < 4.78 is 5.22. The van der Waals surface area contributed by atoms with Crippen LogP contribution >= 0.6 is 0 Å². The van der Waals surface area contributed by atoms with E-state index in [1.807, 2.05) is 6.07 Å². The summed E-state index contributed by atoms with van der Waals surface area (Å²) in [5.74, 6) is -0.335. The molecule has 0 radical (unpaired) electrons. The first-order valence-electron chi connectivity index (χ1n) is 8.23. The van der Waals surface area contributed by atoms with Gasteiger partial charge in [-0.05, 0) is 52.8 Å². The van der Waals surface area contributed by atoms with Crippen molar-refractivity contribution in [3.05, 3.63) is 30.3 Å². The van der Waals surface area contributed by atoms with E-state index in [-0.39, 0.29) is 11.9 Å². The Morgan fingerprint density at radius 1 is 1.24 bits per heavy atom. The monoisotopic (exact) mass is 347 g/mol. The van der Waals surface area contributed by atoms with Crippen molar-refractivity contribution < 1.29 is 19.1 Å². The van der Waals surface area contributed by atoms with E-state index in [0.29, 0.717) is 24.9 Å². The molecule has 2 N–H and O–H groups in total. The molecule has 1 aromatic rings. The number of nitrogens with zero attached hydrogens (tertiary/aromatic N) is 1. The Labute approximate surface area is 147 Å². The zero-order valence-corrected chi connectivity index (χ0v) is 15.0. The molecule has 0 aliphatic heterocycles. The fourth-order valence-electron chi connectivity index (χ4n) is 2.89. The maximum atomic E-state index is 12.9. The Morgan fingerprint density at radius 3 is 2.32 bits per heavy atom. The third kappa shape index (κ3) is 4.36. The van der Waals surface area contributed by atoms with Gasteiger partial charge in [-0.1, -0.05) is 18.2 Å². The minimum atomic E-state index is -0.879. The van der Waals surface area contributed by atoms with Gasteiger partial charge in [0.25, 0.3) is 5.91 Å². The number of likely N-dealkylation sites (N-methyl/N-ethyl adjacent to an activating group) is 1. The third-order valence-electron chi connectivity index (χ3n) is 4.16. The van der Waals surface area contributed by atoms with Gasteiger partial charge in [-0.25, -0.2) is 4.79 Å². The Balaban J connectivity index is 2.02. The summed E-state index contributed by atoms with van der Waals surface area (Å²) in [6, 6.07) is 8.55. The van der Waals surface area contributed by atoms with Crippen molar-refractivity contribution in [2.24, 2.45) is 0 Å². The van der Waals surface area contributed by atoms with E-state index in [0.717, 1.165) is 4.90 Å². The average molecular weight is 347 g/mol. The molecular formula is C18H25N3O4. The third-order valence-corrected chi connectivity index (χ3v) is 4.16. The zero-order valence-electron chi connectivity index (χ0n) is 15.0. The van der Waals surface area contributed by atoms with Gasteiger partial charge in [0, 0.05) is 6.04 Å². The smallest absolute Gasteiger partial charge is 0.407 e. The number of para-hydroxylation sites is 1. The number of hydrogen-bond donors (Lipinski definition) is 2. The van der Waals surface area contributed by atoms with E-state index in [4.69, 9.17) is 4.74 Å². The Morgan fingerprint density at radius 2 is 1.84 bits per heavy atom. The van der Waals surface area contributed by atoms with E-state index in [1.54, 1.807) is 52.1 Å². The molecule has 25 heavy (non-hydrogen) atoms. The van der Waals surface area contributed by atoms with E-state index in [2.05, 4.69) is 10.6 Å². The predicted molar refractivity (Wildman–Crippen MR) is 94.2 cm³/mol. The van der Waals surface area contributed by atoms with Crippen LogP contribution in [0.1, 0.15) is 33.6 Å². The summed E-state index contributed by atoms with van der Waals surface area (Å²) in [6.45, 7) is 5.36. The molecule has 0 bridgehead atoms. The van der Waals surface area contributed by atoms with Gasteiger partial charge >= 0.3 is 6.09 Å². The standard InChI is InChI=1S/C18H25N3O4/c1-17(2,3)25-16(24)20-13-10-18(11-13,19-4)15(23)21(12-22)14-8-6-5-7-9-14/h5-9,12-13,19H,10-11H2,1-4H3,(H,20,24). The van der Waals surface area contributed by atoms with Gasteiger partial charge in [0.1, 0.15) is 11.1 Å². The van der Waals surface area contributed by atoms with Crippen LogP contribution in [0.4, 0.5) is 10.5 Å². The highest BCUT2D eigenvalue weighted by atomic mass is 16.6. The van der Waals surface area contributed by atoms with Crippen molar-refractivity contribution >= 4 is 24.1 Å². The van der Waals surface area contributed by atoms with Crippen LogP contribution in [0.2, 0.25) is 0 Å². The number of anilines is 1. The number of nitrogens with one attached hydrogen (secondary N) is 2. The number of alkyl carbamates (subject to hydrolysis) is 1. The molecule has 1 aliphatic carbocycles. The van der Waals surface area contributed by atoms with Crippen LogP contribution < -0.4 is 15.5 Å². The van der Waals surface area contributed by atoms with Crippen LogP contribution in [-0.4, -0.2) is 42.6 Å². The summed E-state index contributed by atoms with van der Waals surface area (Å²) in [4.78, 5) is 37.2. The molecule has 136 valence electrons. The second-order valence-electron chi connectivity index (χ2n) is 7.20. The van der Waals surface area contributed by atoms with E-state index >= 15 is 0 Å². The van der Waals surface area contributed by atoms with Crippen molar-refractivity contribution in [3.8, 4) is 0 Å². The molecular weight excluding hydrogens is 322 g/mol. The molecule has 1 saturated carbocycles. The van der Waals surface area contributed by atoms with Crippen LogP contribution in [0.5, 0.6) is 0 Å². The Hall–Kier alpha value is -2.41. The lowest BCUT2D eigenvalue weighted by molar-refractivity contribution is -0.131. The number of rotatable bonds is 5. The molecule has 1 aromatic carbocycles. The van der Waals surface area contributed by atoms with Crippen molar-refractivity contribution in [2.45, 2.75) is 50.8 Å². The van der Waals surface area contributed by atoms with Crippen LogP contribution in [0.15, 0.2) is 30.3 Å². The summed E-state index contributed by atoms with van der Waals surface area (Å²) in [5.41, 5.74) is -0.942. The van der Waals surface area contributed by atoms with Gasteiger partial charge in [-0.2, -0.15) is 0 Å². The molecule has 0 unspecified atom stereocenters. The number of hydrogen-bond acceptors (Lipinski definition) is 5. The number of ether oxygens (including phenoxy) is 1. The highest BCUT2D eigenvalue weighted by Gasteiger charge is 2.51. The molecule has 1 aliphatic rings. The van der Waals surface area contributed by atoms with Gasteiger partial charge < -0.3 is 15.4 Å². The Kier molecular flexibility index (Phi) is 5.47. The quantitative estimate of drug-likeness (QED) is 0.794. The SMILES string of the molecule is CNC1(C(=O)N(C=O)c2ccccc2)CC(NC(=O)OC(C)(C)C)C1. The molecule has 0 aromatic heterocycles. The van der Waals surface area contributed by atoms with Crippen LogP contribution in [-0.2, 0) is 14.3 Å². The number of imide groups is 1. The molecule has 0 saturated heterocycles. The first kappa shape index (κ1) is 18.9. The van der Waals surface area contributed by atoms with Gasteiger partial charge in [-0.15, -0.1) is 0 Å². The molecule has 0 spiro atoms. The normalized spacial score (nSPS) is 22.5. The average Bonchev–Trinajstić information content (AvgIpc) is 2.50.